The molecule has 0 spiro atoms. The molecule has 0 aromatic heterocycles. The van der Waals surface area contributed by atoms with Crippen molar-refractivity contribution in [3.63, 3.8) is 0 Å². The van der Waals surface area contributed by atoms with Gasteiger partial charge in [0.05, 0.1) is 19.1 Å². The highest BCUT2D eigenvalue weighted by atomic mass is 19.1. The van der Waals surface area contributed by atoms with Gasteiger partial charge in [-0.3, -0.25) is 9.59 Å². The number of rotatable bonds is 4. The Balaban J connectivity index is 2.06. The summed E-state index contributed by atoms with van der Waals surface area (Å²) in [7, 11) is 0. The monoisotopic (exact) mass is 307 g/mol. The van der Waals surface area contributed by atoms with Crippen molar-refractivity contribution in [2.75, 3.05) is 19.7 Å². The average molecular weight is 307 g/mol. The Labute approximate surface area is 128 Å². The Morgan fingerprint density at radius 1 is 1.45 bits per heavy atom. The molecule has 1 atom stereocenters. The Hall–Kier alpha value is -2.21. The predicted octanol–water partition coefficient (Wildman–Crippen LogP) is 1.93. The third kappa shape index (κ3) is 4.14. The second kappa shape index (κ2) is 7.17. The molecule has 1 unspecified atom stereocenters. The fraction of sp³-hybridized carbons (Fsp3) is 0.375. The zero-order valence-corrected chi connectivity index (χ0v) is 12.3. The lowest BCUT2D eigenvalue weighted by Crippen LogP contribution is -2.45. The number of hydrogen-bond donors (Lipinski definition) is 1. The normalized spacial score (nSPS) is 19.1. The number of carboxylic acid groups (broad SMARTS) is 1. The molecule has 2 rings (SSSR count). The molecule has 22 heavy (non-hydrogen) atoms. The third-order valence-electron chi connectivity index (χ3n) is 3.49. The van der Waals surface area contributed by atoms with Crippen LogP contribution >= 0.6 is 0 Å². The van der Waals surface area contributed by atoms with E-state index in [1.807, 2.05) is 0 Å². The van der Waals surface area contributed by atoms with Crippen LogP contribution < -0.4 is 0 Å². The van der Waals surface area contributed by atoms with Gasteiger partial charge in [0.1, 0.15) is 5.82 Å². The Morgan fingerprint density at radius 2 is 2.18 bits per heavy atom. The van der Waals surface area contributed by atoms with E-state index in [4.69, 9.17) is 9.84 Å². The lowest BCUT2D eigenvalue weighted by atomic mass is 10.1. The molecule has 0 radical (unpaired) electrons. The van der Waals surface area contributed by atoms with Gasteiger partial charge in [-0.25, -0.2) is 4.39 Å². The van der Waals surface area contributed by atoms with Crippen molar-refractivity contribution >= 4 is 17.4 Å². The fourth-order valence-electron chi connectivity index (χ4n) is 2.37. The number of benzene rings is 1. The maximum atomic E-state index is 13.7. The number of hydrogen-bond acceptors (Lipinski definition) is 3. The van der Waals surface area contributed by atoms with Crippen molar-refractivity contribution in [2.24, 2.45) is 0 Å². The largest absolute Gasteiger partial charge is 0.481 e. The molecule has 118 valence electrons. The summed E-state index contributed by atoms with van der Waals surface area (Å²) in [5.41, 5.74) is 0.913. The van der Waals surface area contributed by atoms with Gasteiger partial charge >= 0.3 is 5.97 Å². The first-order chi connectivity index (χ1) is 10.5. The second-order valence-electron chi connectivity index (χ2n) is 5.18. The molecule has 1 aliphatic heterocycles. The van der Waals surface area contributed by atoms with Gasteiger partial charge in [0.2, 0.25) is 5.91 Å². The number of carbonyl (C=O) groups is 2. The van der Waals surface area contributed by atoms with Crippen LogP contribution in [0.25, 0.3) is 5.57 Å². The Morgan fingerprint density at radius 3 is 2.86 bits per heavy atom. The fourth-order valence-corrected chi connectivity index (χ4v) is 2.37. The number of aliphatic carboxylic acids is 1. The molecule has 1 N–H and O–H groups in total. The number of morpholine rings is 1. The van der Waals surface area contributed by atoms with Gasteiger partial charge in [-0.05, 0) is 18.6 Å². The number of halogens is 1. The molecular weight excluding hydrogens is 289 g/mol. The van der Waals surface area contributed by atoms with Crippen LogP contribution in [0.2, 0.25) is 0 Å². The SMILES string of the molecule is C/C(=C\C(=O)N1CCOC(CC(=O)O)C1)c1ccccc1F. The lowest BCUT2D eigenvalue weighted by Gasteiger charge is -2.31. The summed E-state index contributed by atoms with van der Waals surface area (Å²) in [4.78, 5) is 24.5. The smallest absolute Gasteiger partial charge is 0.306 e. The molecule has 1 amide bonds. The maximum Gasteiger partial charge on any atom is 0.306 e. The summed E-state index contributed by atoms with van der Waals surface area (Å²) >= 11 is 0. The van der Waals surface area contributed by atoms with Gasteiger partial charge in [-0.1, -0.05) is 18.2 Å². The molecule has 1 aromatic rings. The summed E-state index contributed by atoms with van der Waals surface area (Å²) in [5.74, 6) is -1.60. The van der Waals surface area contributed by atoms with E-state index in [1.165, 1.54) is 17.0 Å². The van der Waals surface area contributed by atoms with Crippen LogP contribution in [0.15, 0.2) is 30.3 Å². The molecule has 1 aliphatic rings. The van der Waals surface area contributed by atoms with Crippen LogP contribution in [-0.4, -0.2) is 47.7 Å². The molecule has 0 bridgehead atoms. The summed E-state index contributed by atoms with van der Waals surface area (Å²) in [5, 5.41) is 8.78. The molecule has 0 aliphatic carbocycles. The topological polar surface area (TPSA) is 66.8 Å². The highest BCUT2D eigenvalue weighted by Crippen LogP contribution is 2.18. The van der Waals surface area contributed by atoms with Crippen molar-refractivity contribution in [3.05, 3.63) is 41.7 Å². The molecule has 1 heterocycles. The van der Waals surface area contributed by atoms with E-state index in [9.17, 15) is 14.0 Å². The number of carbonyl (C=O) groups excluding carboxylic acids is 1. The van der Waals surface area contributed by atoms with Crippen LogP contribution in [0.3, 0.4) is 0 Å². The highest BCUT2D eigenvalue weighted by Gasteiger charge is 2.25. The van der Waals surface area contributed by atoms with Gasteiger partial charge in [0.15, 0.2) is 0 Å². The molecule has 6 heteroatoms. The summed E-state index contributed by atoms with van der Waals surface area (Å²) in [6.07, 6.45) is 0.735. The lowest BCUT2D eigenvalue weighted by molar-refractivity contribution is -0.145. The molecule has 1 fully saturated rings. The van der Waals surface area contributed by atoms with Crippen molar-refractivity contribution in [1.29, 1.82) is 0 Å². The van der Waals surface area contributed by atoms with Crippen LogP contribution in [0, 0.1) is 5.82 Å². The van der Waals surface area contributed by atoms with Crippen molar-refractivity contribution in [1.82, 2.24) is 4.90 Å². The maximum absolute atomic E-state index is 13.7. The van der Waals surface area contributed by atoms with E-state index in [-0.39, 0.29) is 24.7 Å². The van der Waals surface area contributed by atoms with Crippen LogP contribution in [0.5, 0.6) is 0 Å². The van der Waals surface area contributed by atoms with Crippen molar-refractivity contribution < 1.29 is 23.8 Å². The van der Waals surface area contributed by atoms with E-state index in [0.29, 0.717) is 24.3 Å². The van der Waals surface area contributed by atoms with Crippen LogP contribution in [-0.2, 0) is 14.3 Å². The summed E-state index contributed by atoms with van der Waals surface area (Å²) in [6.45, 7) is 2.60. The summed E-state index contributed by atoms with van der Waals surface area (Å²) in [6, 6.07) is 6.25. The first kappa shape index (κ1) is 16.2. The number of ether oxygens (including phenoxy) is 1. The Kier molecular flexibility index (Phi) is 5.27. The molecule has 5 nitrogen and oxygen atoms in total. The van der Waals surface area contributed by atoms with Crippen molar-refractivity contribution in [3.8, 4) is 0 Å². The van der Waals surface area contributed by atoms with Gasteiger partial charge in [-0.2, -0.15) is 0 Å². The molecular formula is C16H18FNO4. The molecule has 0 saturated carbocycles. The zero-order chi connectivity index (χ0) is 16.1. The average Bonchev–Trinajstić information content (AvgIpc) is 2.47. The minimum Gasteiger partial charge on any atom is -0.481 e. The zero-order valence-electron chi connectivity index (χ0n) is 12.3. The minimum atomic E-state index is -0.961. The van der Waals surface area contributed by atoms with Gasteiger partial charge in [0.25, 0.3) is 0 Å². The van der Waals surface area contributed by atoms with E-state index < -0.39 is 12.1 Å². The first-order valence-corrected chi connectivity index (χ1v) is 7.03. The minimum absolute atomic E-state index is 0.139. The van der Waals surface area contributed by atoms with Gasteiger partial charge in [0, 0.05) is 24.7 Å². The standard InChI is InChI=1S/C16H18FNO4/c1-11(13-4-2-3-5-14(13)17)8-15(19)18-6-7-22-12(10-18)9-16(20)21/h2-5,8,12H,6-7,9-10H2,1H3,(H,20,21)/b11-8+. The number of amides is 1. The summed E-state index contributed by atoms with van der Waals surface area (Å²) < 4.78 is 19.0. The number of allylic oxidation sites excluding steroid dienone is 1. The number of carboxylic acids is 1. The van der Waals surface area contributed by atoms with Gasteiger partial charge in [-0.15, -0.1) is 0 Å². The van der Waals surface area contributed by atoms with E-state index in [2.05, 4.69) is 0 Å². The van der Waals surface area contributed by atoms with E-state index in [0.717, 1.165) is 0 Å². The highest BCUT2D eigenvalue weighted by molar-refractivity contribution is 5.95. The van der Waals surface area contributed by atoms with Crippen LogP contribution in [0.4, 0.5) is 4.39 Å². The second-order valence-corrected chi connectivity index (χ2v) is 5.18. The third-order valence-corrected chi connectivity index (χ3v) is 3.49. The van der Waals surface area contributed by atoms with Gasteiger partial charge < -0.3 is 14.7 Å². The predicted molar refractivity (Wildman–Crippen MR) is 78.6 cm³/mol. The van der Waals surface area contributed by atoms with E-state index >= 15 is 0 Å². The molecule has 1 saturated heterocycles. The first-order valence-electron chi connectivity index (χ1n) is 7.03. The van der Waals surface area contributed by atoms with E-state index in [1.54, 1.807) is 25.1 Å². The molecule has 1 aromatic carbocycles. The van der Waals surface area contributed by atoms with Crippen LogP contribution in [0.1, 0.15) is 18.9 Å². The Bertz CT molecular complexity index is 600. The number of nitrogens with zero attached hydrogens (tertiary/aromatic N) is 1. The quantitative estimate of drug-likeness (QED) is 0.863. The van der Waals surface area contributed by atoms with Crippen molar-refractivity contribution in [2.45, 2.75) is 19.4 Å².